The number of hydrogen-bond donors (Lipinski definition) is 3. The van der Waals surface area contributed by atoms with Gasteiger partial charge < -0.3 is 15.7 Å². The maximum Gasteiger partial charge on any atom is 0.326 e. The normalized spacial score (nSPS) is 13.4. The van der Waals surface area contributed by atoms with E-state index in [1.165, 1.54) is 13.0 Å². The van der Waals surface area contributed by atoms with E-state index in [1.54, 1.807) is 13.8 Å². The summed E-state index contributed by atoms with van der Waals surface area (Å²) in [6, 6.07) is 0.168. The van der Waals surface area contributed by atoms with Crippen LogP contribution in [0.2, 0.25) is 0 Å². The van der Waals surface area contributed by atoms with Gasteiger partial charge in [-0.15, -0.1) is 0 Å². The number of carboxylic acids is 1. The highest BCUT2D eigenvalue weighted by molar-refractivity contribution is 5.92. The molecule has 116 valence electrons. The smallest absolute Gasteiger partial charge is 0.326 e. The van der Waals surface area contributed by atoms with Crippen LogP contribution in [0.5, 0.6) is 0 Å². The van der Waals surface area contributed by atoms with E-state index in [0.717, 1.165) is 6.07 Å². The molecule has 7 heteroatoms. The average Bonchev–Trinajstić information content (AvgIpc) is 2.44. The van der Waals surface area contributed by atoms with Crippen LogP contribution in [0.1, 0.15) is 25.8 Å². The monoisotopic (exact) mass is 300 g/mol. The minimum absolute atomic E-state index is 0.170. The second-order valence-electron chi connectivity index (χ2n) is 4.85. The molecule has 0 bridgehead atoms. The van der Waals surface area contributed by atoms with Crippen molar-refractivity contribution in [3.63, 3.8) is 0 Å². The van der Waals surface area contributed by atoms with Crippen LogP contribution < -0.4 is 10.6 Å². The number of rotatable bonds is 5. The average molecular weight is 300 g/mol. The molecule has 1 aromatic carbocycles. The van der Waals surface area contributed by atoms with E-state index in [0.29, 0.717) is 6.42 Å². The lowest BCUT2D eigenvalue weighted by molar-refractivity contribution is -0.140. The lowest BCUT2D eigenvalue weighted by Crippen LogP contribution is -2.46. The molecule has 0 saturated carbocycles. The van der Waals surface area contributed by atoms with Crippen molar-refractivity contribution in [3.8, 4) is 0 Å². The summed E-state index contributed by atoms with van der Waals surface area (Å²) >= 11 is 0. The minimum atomic E-state index is -1.20. The third-order valence-corrected chi connectivity index (χ3v) is 3.29. The predicted octanol–water partition coefficient (Wildman–Crippen LogP) is 2.89. The topological polar surface area (TPSA) is 78.4 Å². The third-order valence-electron chi connectivity index (χ3n) is 3.29. The minimum Gasteiger partial charge on any atom is -0.480 e. The van der Waals surface area contributed by atoms with E-state index in [4.69, 9.17) is 5.11 Å². The van der Waals surface area contributed by atoms with Gasteiger partial charge in [-0.2, -0.15) is 0 Å². The van der Waals surface area contributed by atoms with Crippen LogP contribution in [0, 0.1) is 24.5 Å². The van der Waals surface area contributed by atoms with E-state index in [-0.39, 0.29) is 11.5 Å². The van der Waals surface area contributed by atoms with Crippen LogP contribution in [-0.4, -0.2) is 23.1 Å². The number of carbonyl (C=O) groups excluding carboxylic acids is 1. The maximum atomic E-state index is 13.7. The number of anilines is 1. The third kappa shape index (κ3) is 4.14. The second kappa shape index (κ2) is 7.01. The van der Waals surface area contributed by atoms with Crippen molar-refractivity contribution in [1.29, 1.82) is 0 Å². The van der Waals surface area contributed by atoms with Crippen LogP contribution in [0.25, 0.3) is 0 Å². The number of carbonyl (C=O) groups is 2. The SMILES string of the molecule is CCC(C)C(NC(=O)Nc1c(F)ccc(C)c1F)C(=O)O. The molecule has 3 N–H and O–H groups in total. The molecule has 1 rings (SSSR count). The fourth-order valence-electron chi connectivity index (χ4n) is 1.75. The van der Waals surface area contributed by atoms with Crippen LogP contribution in [0.15, 0.2) is 12.1 Å². The Labute approximate surface area is 121 Å². The summed E-state index contributed by atoms with van der Waals surface area (Å²) in [5.74, 6) is -3.34. The van der Waals surface area contributed by atoms with Gasteiger partial charge in [0.1, 0.15) is 17.5 Å². The molecule has 1 aromatic rings. The zero-order valence-electron chi connectivity index (χ0n) is 12.0. The number of aryl methyl sites for hydroxylation is 1. The van der Waals surface area contributed by atoms with Crippen molar-refractivity contribution in [2.24, 2.45) is 5.92 Å². The van der Waals surface area contributed by atoms with Gasteiger partial charge in [0.25, 0.3) is 0 Å². The van der Waals surface area contributed by atoms with Crippen molar-refractivity contribution < 1.29 is 23.5 Å². The molecule has 0 aliphatic carbocycles. The van der Waals surface area contributed by atoms with E-state index >= 15 is 0 Å². The van der Waals surface area contributed by atoms with Gasteiger partial charge in [-0.25, -0.2) is 18.4 Å². The molecule has 0 aliphatic rings. The molecule has 21 heavy (non-hydrogen) atoms. The Bertz CT molecular complexity index is 549. The lowest BCUT2D eigenvalue weighted by atomic mass is 9.99. The Hall–Kier alpha value is -2.18. The Morgan fingerprint density at radius 1 is 1.33 bits per heavy atom. The van der Waals surface area contributed by atoms with Gasteiger partial charge in [-0.05, 0) is 24.5 Å². The summed E-state index contributed by atoms with van der Waals surface area (Å²) in [5.41, 5.74) is -0.427. The van der Waals surface area contributed by atoms with Gasteiger partial charge in [-0.1, -0.05) is 26.3 Å². The van der Waals surface area contributed by atoms with Crippen LogP contribution in [0.3, 0.4) is 0 Å². The van der Waals surface area contributed by atoms with Gasteiger partial charge in [-0.3, -0.25) is 0 Å². The highest BCUT2D eigenvalue weighted by atomic mass is 19.1. The Morgan fingerprint density at radius 3 is 2.48 bits per heavy atom. The van der Waals surface area contributed by atoms with Crippen molar-refractivity contribution in [2.75, 3.05) is 5.32 Å². The van der Waals surface area contributed by atoms with Gasteiger partial charge in [0.05, 0.1) is 0 Å². The van der Waals surface area contributed by atoms with Crippen LogP contribution in [0.4, 0.5) is 19.3 Å². The summed E-state index contributed by atoms with van der Waals surface area (Å²) in [4.78, 5) is 22.8. The van der Waals surface area contributed by atoms with E-state index in [1.807, 2.05) is 5.32 Å². The standard InChI is InChI=1S/C14H18F2N2O3/c1-4-7(2)11(13(19)20)17-14(21)18-12-9(15)6-5-8(3)10(12)16/h5-7,11H,4H2,1-3H3,(H,19,20)(H2,17,18,21). The van der Waals surface area contributed by atoms with Gasteiger partial charge >= 0.3 is 12.0 Å². The molecule has 5 nitrogen and oxygen atoms in total. The largest absolute Gasteiger partial charge is 0.480 e. The Kier molecular flexibility index (Phi) is 5.63. The first kappa shape index (κ1) is 16.9. The number of hydrogen-bond acceptors (Lipinski definition) is 2. The second-order valence-corrected chi connectivity index (χ2v) is 4.85. The molecule has 0 spiro atoms. The summed E-state index contributed by atoms with van der Waals surface area (Å²) in [5, 5.41) is 13.3. The molecule has 2 unspecified atom stereocenters. The van der Waals surface area contributed by atoms with E-state index in [9.17, 15) is 18.4 Å². The molecule has 0 aliphatic heterocycles. The molecule has 2 atom stereocenters. The van der Waals surface area contributed by atoms with Crippen molar-refractivity contribution in [2.45, 2.75) is 33.2 Å². The van der Waals surface area contributed by atoms with E-state index in [2.05, 4.69) is 5.32 Å². The van der Waals surface area contributed by atoms with Crippen molar-refractivity contribution in [1.82, 2.24) is 5.32 Å². The Balaban J connectivity index is 2.87. The molecule has 0 saturated heterocycles. The number of aliphatic carboxylic acids is 1. The van der Waals surface area contributed by atoms with Crippen molar-refractivity contribution >= 4 is 17.7 Å². The maximum absolute atomic E-state index is 13.7. The molecule has 0 aromatic heterocycles. The lowest BCUT2D eigenvalue weighted by Gasteiger charge is -2.20. The van der Waals surface area contributed by atoms with Gasteiger partial charge in [0.2, 0.25) is 0 Å². The van der Waals surface area contributed by atoms with E-state index < -0.39 is 35.4 Å². The molecule has 0 fully saturated rings. The number of nitrogens with one attached hydrogen (secondary N) is 2. The molecule has 0 heterocycles. The summed E-state index contributed by atoms with van der Waals surface area (Å²) in [6.07, 6.45) is 0.532. The van der Waals surface area contributed by atoms with Gasteiger partial charge in [0.15, 0.2) is 5.82 Å². The zero-order valence-corrected chi connectivity index (χ0v) is 12.0. The number of halogens is 2. The highest BCUT2D eigenvalue weighted by Crippen LogP contribution is 2.21. The molecule has 2 amide bonds. The fraction of sp³-hybridized carbons (Fsp3) is 0.429. The zero-order chi connectivity index (χ0) is 16.2. The first-order valence-electron chi connectivity index (χ1n) is 6.52. The quantitative estimate of drug-likeness (QED) is 0.782. The number of urea groups is 1. The Morgan fingerprint density at radius 2 is 1.95 bits per heavy atom. The highest BCUT2D eigenvalue weighted by Gasteiger charge is 2.26. The molecular formula is C14H18F2N2O3. The number of amides is 2. The summed E-state index contributed by atoms with van der Waals surface area (Å²) in [7, 11) is 0. The van der Waals surface area contributed by atoms with Crippen LogP contribution >= 0.6 is 0 Å². The number of carboxylic acid groups (broad SMARTS) is 1. The number of benzene rings is 1. The van der Waals surface area contributed by atoms with Gasteiger partial charge in [0, 0.05) is 0 Å². The fourth-order valence-corrected chi connectivity index (χ4v) is 1.75. The summed E-state index contributed by atoms with van der Waals surface area (Å²) in [6.45, 7) is 4.87. The first-order valence-corrected chi connectivity index (χ1v) is 6.52. The predicted molar refractivity (Wildman–Crippen MR) is 74.1 cm³/mol. The van der Waals surface area contributed by atoms with Crippen LogP contribution in [-0.2, 0) is 4.79 Å². The molecule has 0 radical (unpaired) electrons. The first-order chi connectivity index (χ1) is 9.77. The van der Waals surface area contributed by atoms with Crippen molar-refractivity contribution in [3.05, 3.63) is 29.3 Å². The molecular weight excluding hydrogens is 282 g/mol. The summed E-state index contributed by atoms with van der Waals surface area (Å²) < 4.78 is 27.3.